The number of aliphatic carboxylic acids is 1. The van der Waals surface area contributed by atoms with Crippen LogP contribution >= 0.6 is 0 Å². The first-order valence-corrected chi connectivity index (χ1v) is 4.93. The SMILES string of the molecule is NCC(Cc1ccc(C(F)(F)F)cc1)C(=O)O. The molecule has 0 heterocycles. The van der Waals surface area contributed by atoms with Crippen molar-refractivity contribution in [3.63, 3.8) is 0 Å². The number of carbonyl (C=O) groups is 1. The fourth-order valence-corrected chi connectivity index (χ4v) is 1.39. The Kier molecular flexibility index (Phi) is 4.11. The minimum atomic E-state index is -4.38. The Morgan fingerprint density at radius 2 is 1.82 bits per heavy atom. The van der Waals surface area contributed by atoms with Crippen LogP contribution in [0, 0.1) is 5.92 Å². The van der Waals surface area contributed by atoms with E-state index in [0.29, 0.717) is 5.56 Å². The highest BCUT2D eigenvalue weighted by molar-refractivity contribution is 5.70. The molecule has 0 saturated heterocycles. The molecule has 0 radical (unpaired) electrons. The van der Waals surface area contributed by atoms with E-state index in [0.717, 1.165) is 12.1 Å². The van der Waals surface area contributed by atoms with Gasteiger partial charge in [0, 0.05) is 6.54 Å². The molecule has 0 bridgehead atoms. The third kappa shape index (κ3) is 3.74. The van der Waals surface area contributed by atoms with Gasteiger partial charge >= 0.3 is 12.1 Å². The summed E-state index contributed by atoms with van der Waals surface area (Å²) in [6, 6.07) is 4.42. The molecule has 0 amide bonds. The number of rotatable bonds is 4. The number of hydrogen-bond acceptors (Lipinski definition) is 2. The molecule has 17 heavy (non-hydrogen) atoms. The fourth-order valence-electron chi connectivity index (χ4n) is 1.39. The number of halogens is 3. The molecule has 0 aliphatic heterocycles. The Morgan fingerprint density at radius 3 is 2.18 bits per heavy atom. The molecule has 3 nitrogen and oxygen atoms in total. The van der Waals surface area contributed by atoms with E-state index in [-0.39, 0.29) is 13.0 Å². The van der Waals surface area contributed by atoms with Gasteiger partial charge in [0.1, 0.15) is 0 Å². The molecule has 0 aliphatic rings. The minimum absolute atomic E-state index is 0.0453. The second-order valence-electron chi connectivity index (χ2n) is 3.67. The molecule has 94 valence electrons. The number of hydrogen-bond donors (Lipinski definition) is 2. The zero-order chi connectivity index (χ0) is 13.1. The molecular formula is C11H12F3NO2. The van der Waals surface area contributed by atoms with E-state index < -0.39 is 23.6 Å². The highest BCUT2D eigenvalue weighted by atomic mass is 19.4. The maximum Gasteiger partial charge on any atom is 0.416 e. The van der Waals surface area contributed by atoms with Crippen molar-refractivity contribution in [3.05, 3.63) is 35.4 Å². The number of carboxylic acid groups (broad SMARTS) is 1. The van der Waals surface area contributed by atoms with Crippen molar-refractivity contribution in [1.29, 1.82) is 0 Å². The molecule has 1 atom stereocenters. The van der Waals surface area contributed by atoms with Crippen molar-refractivity contribution in [2.45, 2.75) is 12.6 Å². The van der Waals surface area contributed by atoms with Crippen LogP contribution in [0.1, 0.15) is 11.1 Å². The number of alkyl halides is 3. The summed E-state index contributed by atoms with van der Waals surface area (Å²) in [5, 5.41) is 8.76. The van der Waals surface area contributed by atoms with Crippen LogP contribution in [0.2, 0.25) is 0 Å². The maximum absolute atomic E-state index is 12.3. The van der Waals surface area contributed by atoms with Crippen LogP contribution in [-0.4, -0.2) is 17.6 Å². The Bertz CT molecular complexity index is 387. The van der Waals surface area contributed by atoms with Crippen molar-refractivity contribution in [2.75, 3.05) is 6.54 Å². The zero-order valence-corrected chi connectivity index (χ0v) is 8.87. The summed E-state index contributed by atoms with van der Waals surface area (Å²) in [7, 11) is 0. The zero-order valence-electron chi connectivity index (χ0n) is 8.87. The topological polar surface area (TPSA) is 63.3 Å². The van der Waals surface area contributed by atoms with E-state index in [1.54, 1.807) is 0 Å². The maximum atomic E-state index is 12.3. The quantitative estimate of drug-likeness (QED) is 0.854. The second-order valence-corrected chi connectivity index (χ2v) is 3.67. The first kappa shape index (κ1) is 13.5. The molecule has 3 N–H and O–H groups in total. The lowest BCUT2D eigenvalue weighted by Crippen LogP contribution is -2.25. The summed E-state index contributed by atoms with van der Waals surface area (Å²) in [4.78, 5) is 10.7. The Balaban J connectivity index is 2.78. The van der Waals surface area contributed by atoms with Gasteiger partial charge in [-0.25, -0.2) is 0 Å². The summed E-state index contributed by atoms with van der Waals surface area (Å²) in [6.07, 6.45) is -4.25. The average Bonchev–Trinajstić information content (AvgIpc) is 2.25. The predicted molar refractivity (Wildman–Crippen MR) is 55.3 cm³/mol. The number of benzene rings is 1. The Labute approximate surface area is 96.0 Å². The van der Waals surface area contributed by atoms with Crippen LogP contribution in [0.15, 0.2) is 24.3 Å². The highest BCUT2D eigenvalue weighted by Gasteiger charge is 2.30. The lowest BCUT2D eigenvalue weighted by atomic mass is 9.99. The highest BCUT2D eigenvalue weighted by Crippen LogP contribution is 2.29. The van der Waals surface area contributed by atoms with Crippen LogP contribution < -0.4 is 5.73 Å². The third-order valence-corrected chi connectivity index (χ3v) is 2.40. The van der Waals surface area contributed by atoms with E-state index in [4.69, 9.17) is 10.8 Å². The van der Waals surface area contributed by atoms with Crippen LogP contribution in [0.5, 0.6) is 0 Å². The van der Waals surface area contributed by atoms with Gasteiger partial charge in [-0.05, 0) is 24.1 Å². The Morgan fingerprint density at radius 1 is 1.29 bits per heavy atom. The summed E-state index contributed by atoms with van der Waals surface area (Å²) in [6.45, 7) is -0.0453. The molecular weight excluding hydrogens is 235 g/mol. The monoisotopic (exact) mass is 247 g/mol. The normalized spacial score (nSPS) is 13.4. The molecule has 1 aromatic carbocycles. The van der Waals surface area contributed by atoms with Crippen molar-refractivity contribution in [1.82, 2.24) is 0 Å². The van der Waals surface area contributed by atoms with Gasteiger partial charge in [0.25, 0.3) is 0 Å². The fraction of sp³-hybridized carbons (Fsp3) is 0.364. The van der Waals surface area contributed by atoms with Crippen LogP contribution in [0.4, 0.5) is 13.2 Å². The van der Waals surface area contributed by atoms with Crippen molar-refractivity contribution in [2.24, 2.45) is 11.7 Å². The number of nitrogens with two attached hydrogens (primary N) is 1. The minimum Gasteiger partial charge on any atom is -0.481 e. The lowest BCUT2D eigenvalue weighted by molar-refractivity contribution is -0.141. The van der Waals surface area contributed by atoms with Crippen molar-refractivity contribution < 1.29 is 23.1 Å². The van der Waals surface area contributed by atoms with Gasteiger partial charge in [-0.2, -0.15) is 13.2 Å². The van der Waals surface area contributed by atoms with E-state index in [9.17, 15) is 18.0 Å². The summed E-state index contributed by atoms with van der Waals surface area (Å²) < 4.78 is 36.8. The van der Waals surface area contributed by atoms with Gasteiger partial charge in [-0.3, -0.25) is 4.79 Å². The second kappa shape index (κ2) is 5.18. The first-order chi connectivity index (χ1) is 7.84. The molecule has 1 aromatic rings. The van der Waals surface area contributed by atoms with Gasteiger partial charge in [0.2, 0.25) is 0 Å². The van der Waals surface area contributed by atoms with Crippen LogP contribution in [-0.2, 0) is 17.4 Å². The smallest absolute Gasteiger partial charge is 0.416 e. The molecule has 1 unspecified atom stereocenters. The van der Waals surface area contributed by atoms with Crippen molar-refractivity contribution in [3.8, 4) is 0 Å². The molecule has 1 rings (SSSR count). The van der Waals surface area contributed by atoms with Crippen LogP contribution in [0.3, 0.4) is 0 Å². The first-order valence-electron chi connectivity index (χ1n) is 4.93. The van der Waals surface area contributed by atoms with Gasteiger partial charge in [-0.15, -0.1) is 0 Å². The molecule has 0 spiro atoms. The summed E-state index contributed by atoms with van der Waals surface area (Å²) >= 11 is 0. The van der Waals surface area contributed by atoms with E-state index >= 15 is 0 Å². The summed E-state index contributed by atoms with van der Waals surface area (Å²) in [5.74, 6) is -1.82. The van der Waals surface area contributed by atoms with Crippen LogP contribution in [0.25, 0.3) is 0 Å². The van der Waals surface area contributed by atoms with Gasteiger partial charge in [0.15, 0.2) is 0 Å². The standard InChI is InChI=1S/C11H12F3NO2/c12-11(13,14)9-3-1-7(2-4-9)5-8(6-15)10(16)17/h1-4,8H,5-6,15H2,(H,16,17). The predicted octanol–water partition coefficient (Wildman–Crippen LogP) is 1.91. The number of carboxylic acids is 1. The molecule has 0 aliphatic carbocycles. The molecule has 6 heteroatoms. The largest absolute Gasteiger partial charge is 0.481 e. The average molecular weight is 247 g/mol. The Hall–Kier alpha value is -1.56. The van der Waals surface area contributed by atoms with Gasteiger partial charge in [-0.1, -0.05) is 12.1 Å². The third-order valence-electron chi connectivity index (χ3n) is 2.40. The lowest BCUT2D eigenvalue weighted by Gasteiger charge is -2.11. The van der Waals surface area contributed by atoms with E-state index in [2.05, 4.69) is 0 Å². The van der Waals surface area contributed by atoms with Gasteiger partial charge in [0.05, 0.1) is 11.5 Å². The van der Waals surface area contributed by atoms with Gasteiger partial charge < -0.3 is 10.8 Å². The van der Waals surface area contributed by atoms with E-state index in [1.165, 1.54) is 12.1 Å². The molecule has 0 aromatic heterocycles. The molecule has 0 saturated carbocycles. The van der Waals surface area contributed by atoms with E-state index in [1.807, 2.05) is 0 Å². The molecule has 0 fully saturated rings. The van der Waals surface area contributed by atoms with Crippen molar-refractivity contribution >= 4 is 5.97 Å². The summed E-state index contributed by atoms with van der Waals surface area (Å²) in [5.41, 5.74) is 5.03.